The Morgan fingerprint density at radius 3 is 2.05 bits per heavy atom. The molecular formula is C18H20O. The standard InChI is InChI=1S/C18H20O/c1-3-7-15(8-4-1)11-12-18-17(14-19-18)13-16-9-5-2-6-10-16/h1-10,17-18H,11-14H2. The van der Waals surface area contributed by atoms with Crippen molar-refractivity contribution in [1.29, 1.82) is 0 Å². The lowest BCUT2D eigenvalue weighted by Gasteiger charge is -2.37. The van der Waals surface area contributed by atoms with Crippen LogP contribution >= 0.6 is 0 Å². The molecule has 2 atom stereocenters. The van der Waals surface area contributed by atoms with Crippen molar-refractivity contribution in [2.75, 3.05) is 6.61 Å². The molecule has 2 aromatic carbocycles. The predicted molar refractivity (Wildman–Crippen MR) is 78.1 cm³/mol. The fraction of sp³-hybridized carbons (Fsp3) is 0.333. The molecule has 3 rings (SSSR count). The summed E-state index contributed by atoms with van der Waals surface area (Å²) in [6.45, 7) is 0.925. The van der Waals surface area contributed by atoms with Crippen molar-refractivity contribution in [2.45, 2.75) is 25.4 Å². The molecule has 1 fully saturated rings. The van der Waals surface area contributed by atoms with E-state index in [1.54, 1.807) is 0 Å². The highest BCUT2D eigenvalue weighted by atomic mass is 16.5. The van der Waals surface area contributed by atoms with Gasteiger partial charge in [0.15, 0.2) is 0 Å². The van der Waals surface area contributed by atoms with Gasteiger partial charge in [-0.15, -0.1) is 0 Å². The van der Waals surface area contributed by atoms with Gasteiger partial charge in [-0.3, -0.25) is 0 Å². The second-order valence-electron chi connectivity index (χ2n) is 5.35. The molecule has 19 heavy (non-hydrogen) atoms. The van der Waals surface area contributed by atoms with Crippen molar-refractivity contribution in [3.8, 4) is 0 Å². The first kappa shape index (κ1) is 12.4. The van der Waals surface area contributed by atoms with E-state index >= 15 is 0 Å². The van der Waals surface area contributed by atoms with Crippen molar-refractivity contribution in [1.82, 2.24) is 0 Å². The summed E-state index contributed by atoms with van der Waals surface area (Å²) in [6, 6.07) is 21.4. The smallest absolute Gasteiger partial charge is 0.0631 e. The Labute approximate surface area is 115 Å². The van der Waals surface area contributed by atoms with Crippen LogP contribution in [0.1, 0.15) is 17.5 Å². The van der Waals surface area contributed by atoms with Gasteiger partial charge in [0.2, 0.25) is 0 Å². The van der Waals surface area contributed by atoms with Crippen LogP contribution in [0.4, 0.5) is 0 Å². The minimum Gasteiger partial charge on any atom is -0.377 e. The van der Waals surface area contributed by atoms with Gasteiger partial charge < -0.3 is 4.74 Å². The fourth-order valence-electron chi connectivity index (χ4n) is 2.75. The highest BCUT2D eigenvalue weighted by Gasteiger charge is 2.31. The molecular weight excluding hydrogens is 232 g/mol. The zero-order valence-electron chi connectivity index (χ0n) is 11.2. The summed E-state index contributed by atoms with van der Waals surface area (Å²) in [6.07, 6.45) is 3.86. The van der Waals surface area contributed by atoms with Gasteiger partial charge in [0.25, 0.3) is 0 Å². The minimum absolute atomic E-state index is 0.445. The van der Waals surface area contributed by atoms with Crippen LogP contribution < -0.4 is 0 Å². The van der Waals surface area contributed by atoms with Crippen LogP contribution in [-0.4, -0.2) is 12.7 Å². The van der Waals surface area contributed by atoms with Crippen molar-refractivity contribution in [2.24, 2.45) is 5.92 Å². The third kappa shape index (κ3) is 3.24. The number of hydrogen-bond donors (Lipinski definition) is 0. The average molecular weight is 252 g/mol. The van der Waals surface area contributed by atoms with Crippen LogP contribution in [0, 0.1) is 5.92 Å². The predicted octanol–water partition coefficient (Wildman–Crippen LogP) is 3.88. The van der Waals surface area contributed by atoms with Gasteiger partial charge in [0.05, 0.1) is 12.7 Å². The van der Waals surface area contributed by atoms with Crippen LogP contribution in [0.3, 0.4) is 0 Å². The Balaban J connectivity index is 1.50. The number of benzene rings is 2. The second kappa shape index (κ2) is 6.03. The van der Waals surface area contributed by atoms with E-state index in [4.69, 9.17) is 4.74 Å². The first-order valence-electron chi connectivity index (χ1n) is 7.11. The van der Waals surface area contributed by atoms with Gasteiger partial charge in [-0.2, -0.15) is 0 Å². The lowest BCUT2D eigenvalue weighted by molar-refractivity contribution is -0.116. The summed E-state index contributed by atoms with van der Waals surface area (Å²) in [5, 5.41) is 0. The number of ether oxygens (including phenoxy) is 1. The molecule has 1 aliphatic heterocycles. The zero-order valence-corrected chi connectivity index (χ0v) is 11.2. The Morgan fingerprint density at radius 1 is 0.842 bits per heavy atom. The normalized spacial score (nSPS) is 21.9. The maximum atomic E-state index is 5.74. The van der Waals surface area contributed by atoms with E-state index in [-0.39, 0.29) is 0 Å². The van der Waals surface area contributed by atoms with E-state index in [0.29, 0.717) is 12.0 Å². The first-order chi connectivity index (χ1) is 9.42. The Kier molecular flexibility index (Phi) is 3.95. The third-order valence-electron chi connectivity index (χ3n) is 3.95. The molecule has 0 saturated carbocycles. The molecule has 0 aromatic heterocycles. The van der Waals surface area contributed by atoms with Gasteiger partial charge in [0.1, 0.15) is 0 Å². The molecule has 1 aliphatic rings. The van der Waals surface area contributed by atoms with E-state index in [1.807, 2.05) is 0 Å². The van der Waals surface area contributed by atoms with E-state index in [9.17, 15) is 0 Å². The molecule has 2 unspecified atom stereocenters. The summed E-state index contributed by atoms with van der Waals surface area (Å²) in [7, 11) is 0. The van der Waals surface area contributed by atoms with E-state index in [2.05, 4.69) is 60.7 Å². The minimum atomic E-state index is 0.445. The number of rotatable bonds is 5. The topological polar surface area (TPSA) is 9.23 Å². The summed E-state index contributed by atoms with van der Waals surface area (Å²) in [5.74, 6) is 0.700. The fourth-order valence-corrected chi connectivity index (χ4v) is 2.75. The molecule has 0 N–H and O–H groups in total. The van der Waals surface area contributed by atoms with Gasteiger partial charge in [-0.1, -0.05) is 60.7 Å². The van der Waals surface area contributed by atoms with E-state index < -0.39 is 0 Å². The second-order valence-corrected chi connectivity index (χ2v) is 5.35. The van der Waals surface area contributed by atoms with Gasteiger partial charge in [-0.05, 0) is 30.4 Å². The molecule has 1 heteroatoms. The van der Waals surface area contributed by atoms with Crippen molar-refractivity contribution >= 4 is 0 Å². The quantitative estimate of drug-likeness (QED) is 0.784. The number of aryl methyl sites for hydroxylation is 1. The van der Waals surface area contributed by atoms with Crippen molar-refractivity contribution < 1.29 is 4.74 Å². The Hall–Kier alpha value is -1.60. The number of hydrogen-bond acceptors (Lipinski definition) is 1. The molecule has 0 radical (unpaired) electrons. The van der Waals surface area contributed by atoms with Crippen LogP contribution in [0.5, 0.6) is 0 Å². The molecule has 0 spiro atoms. The SMILES string of the molecule is c1ccc(CCC2OCC2Cc2ccccc2)cc1. The molecule has 0 bridgehead atoms. The molecule has 2 aromatic rings. The average Bonchev–Trinajstić information content (AvgIpc) is 2.46. The van der Waals surface area contributed by atoms with Crippen LogP contribution in [0.2, 0.25) is 0 Å². The lowest BCUT2D eigenvalue weighted by atomic mass is 9.87. The summed E-state index contributed by atoms with van der Waals surface area (Å²) in [5.41, 5.74) is 2.84. The van der Waals surface area contributed by atoms with Gasteiger partial charge >= 0.3 is 0 Å². The summed E-state index contributed by atoms with van der Waals surface area (Å²) < 4.78 is 5.74. The van der Waals surface area contributed by atoms with Crippen LogP contribution in [-0.2, 0) is 17.6 Å². The molecule has 1 nitrogen and oxygen atoms in total. The highest BCUT2D eigenvalue weighted by molar-refractivity contribution is 5.17. The van der Waals surface area contributed by atoms with Crippen molar-refractivity contribution in [3.63, 3.8) is 0 Å². The monoisotopic (exact) mass is 252 g/mol. The van der Waals surface area contributed by atoms with Crippen molar-refractivity contribution in [3.05, 3.63) is 71.8 Å². The van der Waals surface area contributed by atoms with Crippen LogP contribution in [0.15, 0.2) is 60.7 Å². The molecule has 0 amide bonds. The van der Waals surface area contributed by atoms with Gasteiger partial charge in [0, 0.05) is 5.92 Å². The Bertz CT molecular complexity index is 492. The molecule has 0 aliphatic carbocycles. The van der Waals surface area contributed by atoms with Gasteiger partial charge in [-0.25, -0.2) is 0 Å². The van der Waals surface area contributed by atoms with E-state index in [1.165, 1.54) is 11.1 Å². The van der Waals surface area contributed by atoms with E-state index in [0.717, 1.165) is 25.9 Å². The van der Waals surface area contributed by atoms with Crippen LogP contribution in [0.25, 0.3) is 0 Å². The third-order valence-corrected chi connectivity index (χ3v) is 3.95. The molecule has 98 valence electrons. The maximum Gasteiger partial charge on any atom is 0.0631 e. The zero-order chi connectivity index (χ0) is 12.9. The summed E-state index contributed by atoms with van der Waals surface area (Å²) >= 11 is 0. The molecule has 1 saturated heterocycles. The summed E-state index contributed by atoms with van der Waals surface area (Å²) in [4.78, 5) is 0. The first-order valence-corrected chi connectivity index (χ1v) is 7.11. The molecule has 1 heterocycles. The largest absolute Gasteiger partial charge is 0.377 e. The maximum absolute atomic E-state index is 5.74. The Morgan fingerprint density at radius 2 is 1.47 bits per heavy atom. The highest BCUT2D eigenvalue weighted by Crippen LogP contribution is 2.28. The lowest BCUT2D eigenvalue weighted by Crippen LogP contribution is -2.41.